The van der Waals surface area contributed by atoms with Crippen LogP contribution in [0.1, 0.15) is 30.4 Å². The third kappa shape index (κ3) is 3.84. The van der Waals surface area contributed by atoms with E-state index in [9.17, 15) is 4.79 Å². The van der Waals surface area contributed by atoms with Crippen molar-refractivity contribution in [2.45, 2.75) is 32.7 Å². The zero-order valence-corrected chi connectivity index (χ0v) is 10.9. The highest BCUT2D eigenvalue weighted by molar-refractivity contribution is 5.76. The number of hydrogen-bond donors (Lipinski definition) is 1. The summed E-state index contributed by atoms with van der Waals surface area (Å²) in [4.78, 5) is 11.8. The van der Waals surface area contributed by atoms with Crippen molar-refractivity contribution in [2.24, 2.45) is 5.92 Å². The fourth-order valence-corrected chi connectivity index (χ4v) is 2.30. The third-order valence-corrected chi connectivity index (χ3v) is 3.47. The minimum absolute atomic E-state index is 0.133. The Morgan fingerprint density at radius 2 is 2.28 bits per heavy atom. The average Bonchev–Trinajstić information content (AvgIpc) is 2.39. The van der Waals surface area contributed by atoms with Gasteiger partial charge in [-0.1, -0.05) is 24.3 Å². The summed E-state index contributed by atoms with van der Waals surface area (Å²) in [6, 6.07) is 8.14. The maximum absolute atomic E-state index is 11.8. The van der Waals surface area contributed by atoms with Crippen LogP contribution < -0.4 is 5.32 Å². The summed E-state index contributed by atoms with van der Waals surface area (Å²) >= 11 is 0. The summed E-state index contributed by atoms with van der Waals surface area (Å²) in [6.07, 6.45) is 2.78. The minimum atomic E-state index is 0.133. The van der Waals surface area contributed by atoms with Gasteiger partial charge in [0, 0.05) is 26.2 Å². The molecule has 0 spiro atoms. The lowest BCUT2D eigenvalue weighted by Crippen LogP contribution is -2.28. The highest BCUT2D eigenvalue weighted by Gasteiger charge is 2.17. The number of ether oxygens (including phenoxy) is 1. The fourth-order valence-electron chi connectivity index (χ4n) is 2.30. The Bertz CT molecular complexity index is 397. The Balaban J connectivity index is 1.76. The molecule has 3 heteroatoms. The summed E-state index contributed by atoms with van der Waals surface area (Å²) in [5.41, 5.74) is 2.41. The molecule has 18 heavy (non-hydrogen) atoms. The lowest BCUT2D eigenvalue weighted by Gasteiger charge is -2.21. The van der Waals surface area contributed by atoms with Gasteiger partial charge >= 0.3 is 0 Å². The molecule has 1 heterocycles. The lowest BCUT2D eigenvalue weighted by molar-refractivity contribution is -0.123. The molecule has 3 nitrogen and oxygen atoms in total. The van der Waals surface area contributed by atoms with E-state index in [1.807, 2.05) is 12.1 Å². The molecule has 1 aliphatic heterocycles. The van der Waals surface area contributed by atoms with Gasteiger partial charge in [-0.15, -0.1) is 0 Å². The van der Waals surface area contributed by atoms with Gasteiger partial charge in [-0.2, -0.15) is 0 Å². The summed E-state index contributed by atoms with van der Waals surface area (Å²) in [5, 5.41) is 2.99. The van der Waals surface area contributed by atoms with Gasteiger partial charge in [0.2, 0.25) is 5.91 Å². The van der Waals surface area contributed by atoms with Crippen molar-refractivity contribution in [1.29, 1.82) is 0 Å². The van der Waals surface area contributed by atoms with Gasteiger partial charge in [-0.25, -0.2) is 0 Å². The van der Waals surface area contributed by atoms with E-state index in [1.165, 1.54) is 11.1 Å². The number of rotatable bonds is 4. The van der Waals surface area contributed by atoms with Gasteiger partial charge in [0.15, 0.2) is 0 Å². The van der Waals surface area contributed by atoms with Crippen molar-refractivity contribution >= 4 is 5.91 Å². The molecule has 0 radical (unpaired) electrons. The van der Waals surface area contributed by atoms with E-state index in [0.29, 0.717) is 18.9 Å². The quantitative estimate of drug-likeness (QED) is 0.887. The van der Waals surface area contributed by atoms with E-state index < -0.39 is 0 Å². The van der Waals surface area contributed by atoms with Crippen LogP contribution in [-0.4, -0.2) is 19.1 Å². The van der Waals surface area contributed by atoms with Gasteiger partial charge in [0.05, 0.1) is 0 Å². The lowest BCUT2D eigenvalue weighted by atomic mass is 9.98. The van der Waals surface area contributed by atoms with Crippen molar-refractivity contribution in [3.63, 3.8) is 0 Å². The molecule has 1 saturated heterocycles. The number of benzene rings is 1. The van der Waals surface area contributed by atoms with Crippen LogP contribution in [0.3, 0.4) is 0 Å². The van der Waals surface area contributed by atoms with Crippen molar-refractivity contribution in [1.82, 2.24) is 5.32 Å². The first-order valence-electron chi connectivity index (χ1n) is 6.64. The second-order valence-corrected chi connectivity index (χ2v) is 4.99. The molecule has 1 aromatic carbocycles. The molecule has 0 aromatic heterocycles. The van der Waals surface area contributed by atoms with E-state index in [-0.39, 0.29) is 5.91 Å². The first-order valence-corrected chi connectivity index (χ1v) is 6.64. The maximum Gasteiger partial charge on any atom is 0.220 e. The van der Waals surface area contributed by atoms with Crippen LogP contribution in [0.15, 0.2) is 24.3 Å². The van der Waals surface area contributed by atoms with Gasteiger partial charge in [0.1, 0.15) is 0 Å². The monoisotopic (exact) mass is 247 g/mol. The van der Waals surface area contributed by atoms with Gasteiger partial charge < -0.3 is 10.1 Å². The smallest absolute Gasteiger partial charge is 0.220 e. The van der Waals surface area contributed by atoms with Crippen LogP contribution in [0, 0.1) is 12.8 Å². The van der Waals surface area contributed by atoms with Crippen LogP contribution in [0.5, 0.6) is 0 Å². The average molecular weight is 247 g/mol. The van der Waals surface area contributed by atoms with Gasteiger partial charge in [0.25, 0.3) is 0 Å². The highest BCUT2D eigenvalue weighted by atomic mass is 16.5. The molecular formula is C15H21NO2. The Morgan fingerprint density at radius 3 is 3.00 bits per heavy atom. The molecule has 1 aliphatic rings. The van der Waals surface area contributed by atoms with Crippen molar-refractivity contribution in [2.75, 3.05) is 13.2 Å². The molecule has 0 saturated carbocycles. The van der Waals surface area contributed by atoms with Crippen LogP contribution in [0.4, 0.5) is 0 Å². The van der Waals surface area contributed by atoms with Crippen molar-refractivity contribution < 1.29 is 9.53 Å². The summed E-state index contributed by atoms with van der Waals surface area (Å²) < 4.78 is 5.38. The SMILES string of the molecule is Cc1ccccc1CNC(=O)CC1CCCOC1. The van der Waals surface area contributed by atoms with Gasteiger partial charge in [-0.3, -0.25) is 4.79 Å². The van der Waals surface area contributed by atoms with Crippen LogP contribution >= 0.6 is 0 Å². The Hall–Kier alpha value is -1.35. The van der Waals surface area contributed by atoms with E-state index >= 15 is 0 Å². The molecule has 1 amide bonds. The zero-order valence-electron chi connectivity index (χ0n) is 10.9. The molecular weight excluding hydrogens is 226 g/mol. The second kappa shape index (κ2) is 6.55. The highest BCUT2D eigenvalue weighted by Crippen LogP contribution is 2.17. The minimum Gasteiger partial charge on any atom is -0.381 e. The third-order valence-electron chi connectivity index (χ3n) is 3.47. The molecule has 2 rings (SSSR count). The number of carbonyl (C=O) groups excluding carboxylic acids is 1. The Morgan fingerprint density at radius 1 is 1.44 bits per heavy atom. The molecule has 1 atom stereocenters. The number of hydrogen-bond acceptors (Lipinski definition) is 2. The van der Waals surface area contributed by atoms with E-state index in [4.69, 9.17) is 4.74 Å². The van der Waals surface area contributed by atoms with E-state index in [0.717, 1.165) is 26.1 Å². The topological polar surface area (TPSA) is 38.3 Å². The first kappa shape index (κ1) is 13.1. The van der Waals surface area contributed by atoms with Gasteiger partial charge in [-0.05, 0) is 36.8 Å². The predicted molar refractivity (Wildman–Crippen MR) is 71.2 cm³/mol. The van der Waals surface area contributed by atoms with Crippen LogP contribution in [0.25, 0.3) is 0 Å². The van der Waals surface area contributed by atoms with Crippen LogP contribution in [-0.2, 0) is 16.1 Å². The first-order chi connectivity index (χ1) is 8.75. The normalized spacial score (nSPS) is 19.5. The summed E-state index contributed by atoms with van der Waals surface area (Å²) in [6.45, 7) is 4.27. The Labute approximate surface area is 109 Å². The second-order valence-electron chi connectivity index (χ2n) is 4.99. The summed E-state index contributed by atoms with van der Waals surface area (Å²) in [7, 11) is 0. The number of amides is 1. The molecule has 0 bridgehead atoms. The van der Waals surface area contributed by atoms with E-state index in [2.05, 4.69) is 24.4 Å². The standard InChI is InChI=1S/C15H21NO2/c1-12-5-2-3-7-14(12)10-16-15(17)9-13-6-4-8-18-11-13/h2-3,5,7,13H,4,6,8-11H2,1H3,(H,16,17). The number of aryl methyl sites for hydroxylation is 1. The molecule has 1 N–H and O–H groups in total. The van der Waals surface area contributed by atoms with Crippen LogP contribution in [0.2, 0.25) is 0 Å². The Kier molecular flexibility index (Phi) is 4.76. The van der Waals surface area contributed by atoms with E-state index in [1.54, 1.807) is 0 Å². The fraction of sp³-hybridized carbons (Fsp3) is 0.533. The number of nitrogens with one attached hydrogen (secondary N) is 1. The zero-order chi connectivity index (χ0) is 12.8. The molecule has 98 valence electrons. The largest absolute Gasteiger partial charge is 0.381 e. The molecule has 0 aliphatic carbocycles. The molecule has 1 aromatic rings. The predicted octanol–water partition coefficient (Wildman–Crippen LogP) is 2.43. The number of carbonyl (C=O) groups is 1. The molecule has 1 fully saturated rings. The van der Waals surface area contributed by atoms with Crippen molar-refractivity contribution in [3.8, 4) is 0 Å². The summed E-state index contributed by atoms with van der Waals surface area (Å²) in [5.74, 6) is 0.532. The van der Waals surface area contributed by atoms with Crippen molar-refractivity contribution in [3.05, 3.63) is 35.4 Å². The molecule has 1 unspecified atom stereocenters. The maximum atomic E-state index is 11.8.